The van der Waals surface area contributed by atoms with Gasteiger partial charge in [-0.1, -0.05) is 45.1 Å². The average molecular weight is 413 g/mol. The Hall–Kier alpha value is -1.12. The van der Waals surface area contributed by atoms with E-state index in [-0.39, 0.29) is 17.5 Å². The van der Waals surface area contributed by atoms with Crippen LogP contribution in [0.25, 0.3) is 0 Å². The van der Waals surface area contributed by atoms with Crippen LogP contribution < -0.4 is 0 Å². The highest BCUT2D eigenvalue weighted by molar-refractivity contribution is 5.91. The van der Waals surface area contributed by atoms with E-state index in [1.54, 1.807) is 0 Å². The number of esters is 1. The van der Waals surface area contributed by atoms with Gasteiger partial charge in [-0.05, 0) is 86.5 Å². The number of rotatable bonds is 4. The Labute approximate surface area is 182 Å². The summed E-state index contributed by atoms with van der Waals surface area (Å²) in [4.78, 5) is 24.7. The number of ketones is 1. The van der Waals surface area contributed by atoms with E-state index in [4.69, 9.17) is 4.74 Å². The summed E-state index contributed by atoms with van der Waals surface area (Å²) in [5, 5.41) is 0. The van der Waals surface area contributed by atoms with Crippen LogP contribution in [0.3, 0.4) is 0 Å². The number of ether oxygens (including phenoxy) is 1. The summed E-state index contributed by atoms with van der Waals surface area (Å²) < 4.78 is 6.18. The van der Waals surface area contributed by atoms with Crippen molar-refractivity contribution in [2.24, 2.45) is 40.9 Å². The zero-order chi connectivity index (χ0) is 20.9. The maximum absolute atomic E-state index is 12.7. The Bertz CT molecular complexity index is 718. The monoisotopic (exact) mass is 412 g/mol. The quantitative estimate of drug-likeness (QED) is 0.512. The summed E-state index contributed by atoms with van der Waals surface area (Å²) in [6.07, 6.45) is 16.7. The Morgan fingerprint density at radius 2 is 1.93 bits per heavy atom. The molecule has 0 heterocycles. The fraction of sp³-hybridized carbons (Fsp3) is 0.852. The number of carbonyl (C=O) groups excluding carboxylic acids is 2. The van der Waals surface area contributed by atoms with E-state index in [0.717, 1.165) is 49.9 Å². The molecule has 0 N–H and O–H groups in total. The molecule has 4 fully saturated rings. The minimum Gasteiger partial charge on any atom is -0.462 e. The van der Waals surface area contributed by atoms with Crippen molar-refractivity contribution in [1.29, 1.82) is 0 Å². The van der Waals surface area contributed by atoms with Crippen molar-refractivity contribution in [1.82, 2.24) is 0 Å². The van der Waals surface area contributed by atoms with Crippen molar-refractivity contribution in [3.05, 3.63) is 11.6 Å². The molecule has 3 nitrogen and oxygen atoms in total. The lowest BCUT2D eigenvalue weighted by molar-refractivity contribution is -0.160. The molecule has 0 aromatic rings. The maximum Gasteiger partial charge on any atom is 0.306 e. The molecule has 7 atom stereocenters. The second kappa shape index (κ2) is 8.10. The van der Waals surface area contributed by atoms with Crippen LogP contribution in [0.1, 0.15) is 97.3 Å². The van der Waals surface area contributed by atoms with E-state index in [1.165, 1.54) is 50.5 Å². The first-order valence-corrected chi connectivity index (χ1v) is 12.9. The molecule has 0 radical (unpaired) electrons. The maximum atomic E-state index is 12.7. The number of hydrogen-bond acceptors (Lipinski definition) is 3. The summed E-state index contributed by atoms with van der Waals surface area (Å²) in [6, 6.07) is 0. The molecular formula is C27H40O3. The molecule has 5 aliphatic rings. The third-order valence-corrected chi connectivity index (χ3v) is 10.1. The van der Waals surface area contributed by atoms with E-state index in [0.29, 0.717) is 30.0 Å². The van der Waals surface area contributed by atoms with E-state index in [2.05, 4.69) is 13.8 Å². The third-order valence-electron chi connectivity index (χ3n) is 10.1. The zero-order valence-corrected chi connectivity index (χ0v) is 19.0. The first kappa shape index (κ1) is 20.8. The van der Waals surface area contributed by atoms with Crippen molar-refractivity contribution in [2.75, 3.05) is 0 Å². The van der Waals surface area contributed by atoms with Gasteiger partial charge in [0.05, 0.1) is 0 Å². The smallest absolute Gasteiger partial charge is 0.306 e. The number of carbonyl (C=O) groups is 2. The average Bonchev–Trinajstić information content (AvgIpc) is 3.34. The van der Waals surface area contributed by atoms with Gasteiger partial charge in [0.25, 0.3) is 0 Å². The van der Waals surface area contributed by atoms with Gasteiger partial charge in [-0.2, -0.15) is 0 Å². The molecule has 30 heavy (non-hydrogen) atoms. The summed E-state index contributed by atoms with van der Waals surface area (Å²) in [6.45, 7) is 4.85. The first-order valence-electron chi connectivity index (χ1n) is 12.9. The minimum absolute atomic E-state index is 0.0589. The number of fused-ring (bicyclic) bond motifs is 5. The van der Waals surface area contributed by atoms with Crippen LogP contribution in [-0.2, 0) is 14.3 Å². The van der Waals surface area contributed by atoms with Crippen molar-refractivity contribution in [3.8, 4) is 0 Å². The topological polar surface area (TPSA) is 43.4 Å². The highest BCUT2D eigenvalue weighted by atomic mass is 16.5. The van der Waals surface area contributed by atoms with E-state index in [9.17, 15) is 9.59 Å². The molecule has 0 saturated heterocycles. The normalized spacial score (nSPS) is 43.5. The summed E-state index contributed by atoms with van der Waals surface area (Å²) >= 11 is 0. The lowest BCUT2D eigenvalue weighted by Crippen LogP contribution is -2.50. The summed E-state index contributed by atoms with van der Waals surface area (Å²) in [5.41, 5.74) is 1.61. The molecule has 0 aromatic carbocycles. The SMILES string of the molecule is C[C@@H]1CC2=CC(=O)CC[C@@H]2[C@H]2CC[C@]3(C)[C@@H](OC(=O)CCC4CCCC4)CC[C@H]3[C@@H]21. The molecule has 5 rings (SSSR count). The molecule has 0 aliphatic heterocycles. The molecule has 0 bridgehead atoms. The number of allylic oxidation sites excluding steroid dienone is 1. The predicted molar refractivity (Wildman–Crippen MR) is 118 cm³/mol. The van der Waals surface area contributed by atoms with Crippen molar-refractivity contribution in [2.45, 2.75) is 103 Å². The Kier molecular flexibility index (Phi) is 5.60. The van der Waals surface area contributed by atoms with Gasteiger partial charge in [0, 0.05) is 18.3 Å². The third kappa shape index (κ3) is 3.58. The summed E-state index contributed by atoms with van der Waals surface area (Å²) in [7, 11) is 0. The minimum atomic E-state index is 0.0589. The molecule has 3 heteroatoms. The van der Waals surface area contributed by atoms with Gasteiger partial charge in [0.1, 0.15) is 6.10 Å². The molecule has 0 amide bonds. The standard InChI is InChI=1S/C27H40O3/c1-17-15-19-16-20(28)8-9-21(19)22-13-14-27(2)23(26(17)22)10-11-24(27)30-25(29)12-7-18-5-3-4-6-18/h16-18,21-24,26H,3-15H2,1-2H3/t17-,21+,22-,23+,24+,26-,27+/m1/s1. The molecule has 166 valence electrons. The fourth-order valence-corrected chi connectivity index (χ4v) is 8.57. The van der Waals surface area contributed by atoms with Crippen LogP contribution in [0.5, 0.6) is 0 Å². The molecule has 0 aromatic heterocycles. The van der Waals surface area contributed by atoms with E-state index < -0.39 is 0 Å². The van der Waals surface area contributed by atoms with Crippen LogP contribution in [0.4, 0.5) is 0 Å². The van der Waals surface area contributed by atoms with Gasteiger partial charge in [-0.15, -0.1) is 0 Å². The molecular weight excluding hydrogens is 372 g/mol. The van der Waals surface area contributed by atoms with Crippen LogP contribution >= 0.6 is 0 Å². The van der Waals surface area contributed by atoms with Crippen molar-refractivity contribution in [3.63, 3.8) is 0 Å². The van der Waals surface area contributed by atoms with Crippen LogP contribution in [-0.4, -0.2) is 17.9 Å². The van der Waals surface area contributed by atoms with E-state index >= 15 is 0 Å². The highest BCUT2D eigenvalue weighted by Crippen LogP contribution is 2.63. The van der Waals surface area contributed by atoms with Crippen LogP contribution in [0.15, 0.2) is 11.6 Å². The first-order chi connectivity index (χ1) is 14.5. The molecule has 0 spiro atoms. The Balaban J connectivity index is 1.26. The van der Waals surface area contributed by atoms with Crippen molar-refractivity contribution >= 4 is 11.8 Å². The fourth-order valence-electron chi connectivity index (χ4n) is 8.57. The number of hydrogen-bond donors (Lipinski definition) is 0. The van der Waals surface area contributed by atoms with Crippen LogP contribution in [0, 0.1) is 40.9 Å². The highest BCUT2D eigenvalue weighted by Gasteiger charge is 2.59. The van der Waals surface area contributed by atoms with Gasteiger partial charge in [0.15, 0.2) is 5.78 Å². The van der Waals surface area contributed by atoms with Gasteiger partial charge < -0.3 is 4.74 Å². The van der Waals surface area contributed by atoms with Gasteiger partial charge in [-0.25, -0.2) is 0 Å². The Morgan fingerprint density at radius 3 is 2.73 bits per heavy atom. The second-order valence-corrected chi connectivity index (χ2v) is 11.6. The lowest BCUT2D eigenvalue weighted by atomic mass is 9.49. The van der Waals surface area contributed by atoms with Crippen molar-refractivity contribution < 1.29 is 14.3 Å². The van der Waals surface area contributed by atoms with E-state index in [1.807, 2.05) is 6.08 Å². The Morgan fingerprint density at radius 1 is 1.13 bits per heavy atom. The molecule has 5 aliphatic carbocycles. The van der Waals surface area contributed by atoms with Gasteiger partial charge >= 0.3 is 5.97 Å². The largest absolute Gasteiger partial charge is 0.462 e. The predicted octanol–water partition coefficient (Wildman–Crippen LogP) is 6.26. The van der Waals surface area contributed by atoms with Gasteiger partial charge in [0.2, 0.25) is 0 Å². The molecule has 4 saturated carbocycles. The molecule has 0 unspecified atom stereocenters. The van der Waals surface area contributed by atoms with Crippen LogP contribution in [0.2, 0.25) is 0 Å². The summed E-state index contributed by atoms with van der Waals surface area (Å²) in [5.74, 6) is 4.60. The second-order valence-electron chi connectivity index (χ2n) is 11.6. The lowest BCUT2D eigenvalue weighted by Gasteiger charge is -2.55. The van der Waals surface area contributed by atoms with Gasteiger partial charge in [-0.3, -0.25) is 9.59 Å². The zero-order valence-electron chi connectivity index (χ0n) is 19.0.